The Hall–Kier alpha value is -2.04. The molecule has 1 N–H and O–H groups in total. The van der Waals surface area contributed by atoms with E-state index < -0.39 is 36.0 Å². The van der Waals surface area contributed by atoms with E-state index in [1.54, 1.807) is 7.11 Å². The zero-order valence-corrected chi connectivity index (χ0v) is 21.7. The van der Waals surface area contributed by atoms with Crippen molar-refractivity contribution in [1.29, 1.82) is 0 Å². The summed E-state index contributed by atoms with van der Waals surface area (Å²) in [4.78, 5) is 0. The maximum atomic E-state index is 10.4. The van der Waals surface area contributed by atoms with Crippen LogP contribution < -0.4 is 4.74 Å². The first-order chi connectivity index (χ1) is 17.2. The fourth-order valence-electron chi connectivity index (χ4n) is 4.59. The number of methoxy groups -OCH3 is 1. The fraction of sp³-hybridized carbons (Fsp3) is 0.571. The molecule has 2 aliphatic heterocycles. The van der Waals surface area contributed by atoms with Gasteiger partial charge < -0.3 is 38.3 Å². The second-order valence-electron chi connectivity index (χ2n) is 10.1. The van der Waals surface area contributed by atoms with E-state index in [1.165, 1.54) is 0 Å². The molecule has 5 atom stereocenters. The minimum absolute atomic E-state index is 0.240. The van der Waals surface area contributed by atoms with Gasteiger partial charge in [0.1, 0.15) is 36.3 Å². The Morgan fingerprint density at radius 2 is 1.58 bits per heavy atom. The summed E-state index contributed by atoms with van der Waals surface area (Å²) in [6.45, 7) is 8.21. The van der Waals surface area contributed by atoms with Crippen molar-refractivity contribution in [2.45, 2.75) is 83.0 Å². The smallest absolute Gasteiger partial charge is 0.164 e. The molecule has 0 spiro atoms. The van der Waals surface area contributed by atoms with Gasteiger partial charge >= 0.3 is 0 Å². The van der Waals surface area contributed by atoms with E-state index in [9.17, 15) is 5.11 Å². The summed E-state index contributed by atoms with van der Waals surface area (Å²) in [5.74, 6) is -0.907. The van der Waals surface area contributed by atoms with Crippen molar-refractivity contribution in [1.82, 2.24) is 0 Å². The van der Waals surface area contributed by atoms with Crippen LogP contribution in [0.15, 0.2) is 54.6 Å². The molecule has 0 aromatic heterocycles. The minimum atomic E-state index is -0.949. The molecule has 0 unspecified atom stereocenters. The van der Waals surface area contributed by atoms with Crippen LogP contribution in [0.1, 0.15) is 38.8 Å². The van der Waals surface area contributed by atoms with Crippen molar-refractivity contribution in [2.75, 3.05) is 20.3 Å². The third-order valence-corrected chi connectivity index (χ3v) is 6.34. The quantitative estimate of drug-likeness (QED) is 0.525. The fourth-order valence-corrected chi connectivity index (χ4v) is 4.59. The van der Waals surface area contributed by atoms with Crippen molar-refractivity contribution >= 4 is 0 Å². The Bertz CT molecular complexity index is 946. The third kappa shape index (κ3) is 6.83. The number of ether oxygens (including phenoxy) is 7. The molecule has 36 heavy (non-hydrogen) atoms. The van der Waals surface area contributed by atoms with Crippen molar-refractivity contribution in [3.63, 3.8) is 0 Å². The minimum Gasteiger partial charge on any atom is -0.497 e. The lowest BCUT2D eigenvalue weighted by atomic mass is 9.96. The van der Waals surface area contributed by atoms with Gasteiger partial charge in [-0.3, -0.25) is 0 Å². The molecule has 0 bridgehead atoms. The van der Waals surface area contributed by atoms with Gasteiger partial charge in [0.15, 0.2) is 11.6 Å². The van der Waals surface area contributed by atoms with Gasteiger partial charge in [-0.15, -0.1) is 0 Å². The van der Waals surface area contributed by atoms with Crippen LogP contribution in [0, 0.1) is 0 Å². The molecule has 0 aliphatic carbocycles. The average molecular weight is 503 g/mol. The summed E-state index contributed by atoms with van der Waals surface area (Å²) in [5.41, 5.74) is 1.97. The molecule has 2 aliphatic rings. The van der Waals surface area contributed by atoms with Crippen LogP contribution in [0.5, 0.6) is 5.75 Å². The first-order valence-electron chi connectivity index (χ1n) is 12.4. The maximum absolute atomic E-state index is 10.4. The molecule has 2 fully saturated rings. The Morgan fingerprint density at radius 3 is 2.19 bits per heavy atom. The normalized spacial score (nSPS) is 28.1. The van der Waals surface area contributed by atoms with Crippen molar-refractivity contribution < 1.29 is 38.3 Å². The number of aliphatic hydroxyl groups excluding tert-OH is 1. The molecular formula is C28H38O8. The lowest BCUT2D eigenvalue weighted by molar-refractivity contribution is -0.368. The lowest BCUT2D eigenvalue weighted by Crippen LogP contribution is -2.63. The highest BCUT2D eigenvalue weighted by atomic mass is 16.8. The molecule has 2 aromatic carbocycles. The van der Waals surface area contributed by atoms with Gasteiger partial charge in [-0.2, -0.15) is 0 Å². The van der Waals surface area contributed by atoms with E-state index >= 15 is 0 Å². The highest BCUT2D eigenvalue weighted by Crippen LogP contribution is 2.37. The predicted molar refractivity (Wildman–Crippen MR) is 132 cm³/mol. The summed E-state index contributed by atoms with van der Waals surface area (Å²) in [6.07, 6.45) is -2.73. The summed E-state index contributed by atoms with van der Waals surface area (Å²) in [5, 5.41) is 10.4. The summed E-state index contributed by atoms with van der Waals surface area (Å²) in [6, 6.07) is 17.5. The molecule has 4 rings (SSSR count). The Kier molecular flexibility index (Phi) is 8.67. The number of hydrogen-bond donors (Lipinski definition) is 1. The van der Waals surface area contributed by atoms with Gasteiger partial charge in [0.2, 0.25) is 0 Å². The van der Waals surface area contributed by atoms with E-state index in [4.69, 9.17) is 33.2 Å². The monoisotopic (exact) mass is 502 g/mol. The van der Waals surface area contributed by atoms with E-state index in [1.807, 2.05) is 82.3 Å². The first kappa shape index (κ1) is 27.0. The molecule has 2 aromatic rings. The highest BCUT2D eigenvalue weighted by Gasteiger charge is 2.53. The van der Waals surface area contributed by atoms with E-state index in [0.717, 1.165) is 16.9 Å². The molecule has 198 valence electrons. The van der Waals surface area contributed by atoms with Crippen LogP contribution in [0.25, 0.3) is 0 Å². The second-order valence-corrected chi connectivity index (χ2v) is 10.1. The molecule has 0 amide bonds. The van der Waals surface area contributed by atoms with Gasteiger partial charge in [0, 0.05) is 0 Å². The molecular weight excluding hydrogens is 464 g/mol. The first-order valence-corrected chi connectivity index (χ1v) is 12.4. The molecule has 8 nitrogen and oxygen atoms in total. The van der Waals surface area contributed by atoms with Crippen LogP contribution in [-0.2, 0) is 41.6 Å². The van der Waals surface area contributed by atoms with Gasteiger partial charge in [-0.25, -0.2) is 0 Å². The zero-order valence-electron chi connectivity index (χ0n) is 21.7. The van der Waals surface area contributed by atoms with Crippen LogP contribution in [0.3, 0.4) is 0 Å². The maximum Gasteiger partial charge on any atom is 0.164 e. The third-order valence-electron chi connectivity index (χ3n) is 6.34. The molecule has 0 radical (unpaired) electrons. The van der Waals surface area contributed by atoms with Gasteiger partial charge in [-0.05, 0) is 51.0 Å². The number of rotatable bonds is 10. The Morgan fingerprint density at radius 1 is 0.889 bits per heavy atom. The van der Waals surface area contributed by atoms with Crippen LogP contribution in [0.4, 0.5) is 0 Å². The standard InChI is InChI=1S/C28H38O8/c1-27(2)33-18-23(34-27)25-26(32-17-20-11-13-21(30-5)14-12-20)24(35-28(3,4)36-25)22(15-29)31-16-19-9-7-6-8-10-19/h6-14,22-26,29H,15-18H2,1-5H3/t22-,23+,24-,25+,26+/m0/s1. The van der Waals surface area contributed by atoms with Crippen molar-refractivity contribution in [3.05, 3.63) is 65.7 Å². The van der Waals surface area contributed by atoms with Gasteiger partial charge in [0.25, 0.3) is 0 Å². The van der Waals surface area contributed by atoms with E-state index in [-0.39, 0.29) is 12.7 Å². The Balaban J connectivity index is 1.57. The van der Waals surface area contributed by atoms with E-state index in [0.29, 0.717) is 19.8 Å². The molecule has 2 heterocycles. The summed E-state index contributed by atoms with van der Waals surface area (Å²) >= 11 is 0. The largest absolute Gasteiger partial charge is 0.497 e. The van der Waals surface area contributed by atoms with Crippen molar-refractivity contribution in [2.24, 2.45) is 0 Å². The van der Waals surface area contributed by atoms with Crippen LogP contribution in [0.2, 0.25) is 0 Å². The predicted octanol–water partition coefficient (Wildman–Crippen LogP) is 3.83. The summed E-state index contributed by atoms with van der Waals surface area (Å²) < 4.78 is 42.6. The SMILES string of the molecule is COc1ccc(CO[C@@H]2[C@H]([C@H](CO)OCc3ccccc3)OC(C)(C)O[C@@H]2[C@H]2COC(C)(C)O2)cc1. The van der Waals surface area contributed by atoms with Crippen LogP contribution in [-0.4, -0.2) is 67.5 Å². The molecule has 2 saturated heterocycles. The molecule has 0 saturated carbocycles. The highest BCUT2D eigenvalue weighted by molar-refractivity contribution is 5.26. The average Bonchev–Trinajstić information content (AvgIpc) is 3.23. The van der Waals surface area contributed by atoms with Crippen LogP contribution >= 0.6 is 0 Å². The Labute approximate surface area is 213 Å². The second kappa shape index (κ2) is 11.6. The number of hydrogen-bond acceptors (Lipinski definition) is 8. The van der Waals surface area contributed by atoms with Gasteiger partial charge in [-0.1, -0.05) is 42.5 Å². The zero-order chi connectivity index (χ0) is 25.8. The van der Waals surface area contributed by atoms with E-state index in [2.05, 4.69) is 0 Å². The number of aliphatic hydroxyl groups is 1. The topological polar surface area (TPSA) is 84.8 Å². The van der Waals surface area contributed by atoms with Gasteiger partial charge in [0.05, 0.1) is 33.5 Å². The summed E-state index contributed by atoms with van der Waals surface area (Å²) in [7, 11) is 1.63. The molecule has 8 heteroatoms. The van der Waals surface area contributed by atoms with Crippen molar-refractivity contribution in [3.8, 4) is 5.75 Å². The lowest BCUT2D eigenvalue weighted by Gasteiger charge is -2.48. The number of benzene rings is 2.